The van der Waals surface area contributed by atoms with Crippen molar-refractivity contribution in [2.24, 2.45) is 0 Å². The summed E-state index contributed by atoms with van der Waals surface area (Å²) in [5, 5.41) is 7.14. The molecule has 0 aliphatic carbocycles. The highest BCUT2D eigenvalue weighted by Gasteiger charge is 2.23. The van der Waals surface area contributed by atoms with Crippen molar-refractivity contribution < 1.29 is 4.42 Å². The summed E-state index contributed by atoms with van der Waals surface area (Å²) in [6, 6.07) is 92.1. The summed E-state index contributed by atoms with van der Waals surface area (Å²) >= 11 is 0. The maximum Gasteiger partial charge on any atom is 0.135 e. The number of fused-ring (bicyclic) bond motifs is 7. The largest absolute Gasteiger partial charge is 0.456 e. The van der Waals surface area contributed by atoms with Crippen LogP contribution in [0.15, 0.2) is 259 Å². The normalized spacial score (nSPS) is 11.6. The van der Waals surface area contributed by atoms with Crippen molar-refractivity contribution >= 4 is 71.6 Å². The van der Waals surface area contributed by atoms with Gasteiger partial charge in [-0.05, 0) is 111 Å². The topological polar surface area (TPSA) is 21.3 Å². The fraction of sp³-hybridized carbons (Fsp3) is 0. The Labute approximate surface area is 388 Å². The van der Waals surface area contributed by atoms with Gasteiger partial charge in [-0.1, -0.05) is 188 Å². The lowest BCUT2D eigenvalue weighted by atomic mass is 9.90. The second-order valence-electron chi connectivity index (χ2n) is 17.2. The van der Waals surface area contributed by atoms with Gasteiger partial charge in [-0.2, -0.15) is 0 Å². The molecule has 0 saturated carbocycles. The third kappa shape index (κ3) is 6.51. The molecule has 2 heterocycles. The second kappa shape index (κ2) is 16.0. The lowest BCUT2D eigenvalue weighted by molar-refractivity contribution is 0.669. The number of aromatic nitrogens is 1. The molecule has 2 aromatic heterocycles. The SMILES string of the molecule is c1ccc(-c2cccc3cccc(-c4ccccc4N(c4ccc(-c5ccc6c7ccccc7n(-c7ccccc7)c6c5)cc4)c4ccccc4-c4ccc5oc6ccccc6c5c4)c23)cc1. The highest BCUT2D eigenvalue weighted by molar-refractivity contribution is 6.12. The molecule has 0 amide bonds. The number of nitrogens with zero attached hydrogens (tertiary/aromatic N) is 2. The first-order chi connectivity index (χ1) is 33.2. The Hall–Kier alpha value is -8.92. The van der Waals surface area contributed by atoms with Gasteiger partial charge in [-0.3, -0.25) is 0 Å². The summed E-state index contributed by atoms with van der Waals surface area (Å²) in [6.07, 6.45) is 0. The highest BCUT2D eigenvalue weighted by Crippen LogP contribution is 2.48. The molecule has 314 valence electrons. The van der Waals surface area contributed by atoms with E-state index in [2.05, 4.69) is 252 Å². The van der Waals surface area contributed by atoms with Gasteiger partial charge in [0.1, 0.15) is 11.2 Å². The van der Waals surface area contributed by atoms with E-state index in [0.29, 0.717) is 0 Å². The minimum atomic E-state index is 0.882. The van der Waals surface area contributed by atoms with E-state index in [1.807, 2.05) is 12.1 Å². The van der Waals surface area contributed by atoms with Crippen LogP contribution in [0.2, 0.25) is 0 Å². The zero-order chi connectivity index (χ0) is 44.3. The summed E-state index contributed by atoms with van der Waals surface area (Å²) in [5.41, 5.74) is 17.8. The number of anilines is 3. The molecule has 0 bridgehead atoms. The molecule has 3 nitrogen and oxygen atoms in total. The van der Waals surface area contributed by atoms with E-state index in [1.165, 1.54) is 49.3 Å². The van der Waals surface area contributed by atoms with Crippen LogP contribution < -0.4 is 4.90 Å². The maximum atomic E-state index is 6.30. The fourth-order valence-electron chi connectivity index (χ4n) is 10.3. The van der Waals surface area contributed by atoms with Gasteiger partial charge in [0.25, 0.3) is 0 Å². The number of rotatable bonds is 8. The van der Waals surface area contributed by atoms with Gasteiger partial charge in [-0.25, -0.2) is 0 Å². The molecule has 0 N–H and O–H groups in total. The van der Waals surface area contributed by atoms with Crippen molar-refractivity contribution in [2.75, 3.05) is 4.90 Å². The number of hydrogen-bond acceptors (Lipinski definition) is 2. The van der Waals surface area contributed by atoms with E-state index < -0.39 is 0 Å². The predicted molar refractivity (Wildman–Crippen MR) is 282 cm³/mol. The fourth-order valence-corrected chi connectivity index (χ4v) is 10.3. The average Bonchev–Trinajstić information content (AvgIpc) is 3.94. The van der Waals surface area contributed by atoms with Crippen molar-refractivity contribution in [3.8, 4) is 50.2 Å². The van der Waals surface area contributed by atoms with Gasteiger partial charge < -0.3 is 13.9 Å². The van der Waals surface area contributed by atoms with Gasteiger partial charge in [0.2, 0.25) is 0 Å². The Morgan fingerprint density at radius 2 is 0.896 bits per heavy atom. The van der Waals surface area contributed by atoms with Crippen molar-refractivity contribution in [1.82, 2.24) is 4.57 Å². The first-order valence-electron chi connectivity index (χ1n) is 22.9. The highest BCUT2D eigenvalue weighted by atomic mass is 16.3. The summed E-state index contributed by atoms with van der Waals surface area (Å²) in [4.78, 5) is 2.45. The van der Waals surface area contributed by atoms with E-state index in [0.717, 1.165) is 72.5 Å². The third-order valence-electron chi connectivity index (χ3n) is 13.4. The molecule has 0 spiro atoms. The lowest BCUT2D eigenvalue weighted by Gasteiger charge is -2.30. The van der Waals surface area contributed by atoms with Crippen LogP contribution in [0, 0.1) is 0 Å². The van der Waals surface area contributed by atoms with E-state index in [-0.39, 0.29) is 0 Å². The van der Waals surface area contributed by atoms with Crippen LogP contribution in [0.25, 0.3) is 105 Å². The predicted octanol–water partition coefficient (Wildman–Crippen LogP) is 18.0. The monoisotopic (exact) mass is 854 g/mol. The van der Waals surface area contributed by atoms with Crippen LogP contribution >= 0.6 is 0 Å². The van der Waals surface area contributed by atoms with Crippen LogP contribution in [0.5, 0.6) is 0 Å². The molecule has 0 fully saturated rings. The minimum absolute atomic E-state index is 0.882. The Balaban J connectivity index is 1.01. The first-order valence-corrected chi connectivity index (χ1v) is 22.9. The number of furan rings is 1. The summed E-state index contributed by atoms with van der Waals surface area (Å²) < 4.78 is 8.69. The molecule has 0 atom stereocenters. The molecule has 0 saturated heterocycles. The zero-order valence-electron chi connectivity index (χ0n) is 36.6. The van der Waals surface area contributed by atoms with Crippen LogP contribution in [0.4, 0.5) is 17.1 Å². The standard InChI is InChI=1S/C64H42N2O/c1-3-17-44(18-4-1)51-27-15-19-45-20-16-28-56(64(45)51)53-25-9-13-31-60(53)65(58-29-11-7-23-50(58)47-36-40-63-57(41-47)55-26-10-14-32-62(55)67-63)49-37-33-43(34-38-49)46-35-39-54-52-24-8-12-30-59(52)66(61(54)42-46)48-21-5-2-6-22-48/h1-42H. The van der Waals surface area contributed by atoms with Crippen molar-refractivity contribution in [1.29, 1.82) is 0 Å². The molecule has 13 aromatic rings. The summed E-state index contributed by atoms with van der Waals surface area (Å²) in [6.45, 7) is 0. The number of benzene rings is 11. The lowest BCUT2D eigenvalue weighted by Crippen LogP contribution is -2.12. The van der Waals surface area contributed by atoms with E-state index >= 15 is 0 Å². The molecular formula is C64H42N2O. The molecule has 13 rings (SSSR count). The van der Waals surface area contributed by atoms with Gasteiger partial charge >= 0.3 is 0 Å². The second-order valence-corrected chi connectivity index (χ2v) is 17.2. The molecule has 0 unspecified atom stereocenters. The van der Waals surface area contributed by atoms with Crippen LogP contribution in [0.3, 0.4) is 0 Å². The van der Waals surface area contributed by atoms with Crippen molar-refractivity contribution in [3.63, 3.8) is 0 Å². The van der Waals surface area contributed by atoms with Gasteiger partial charge in [0.15, 0.2) is 0 Å². The molecule has 67 heavy (non-hydrogen) atoms. The maximum absolute atomic E-state index is 6.30. The van der Waals surface area contributed by atoms with Crippen molar-refractivity contribution in [2.45, 2.75) is 0 Å². The molecule has 11 aromatic carbocycles. The first kappa shape index (κ1) is 38.5. The van der Waals surface area contributed by atoms with Gasteiger partial charge in [-0.15, -0.1) is 0 Å². The average molecular weight is 855 g/mol. The summed E-state index contributed by atoms with van der Waals surface area (Å²) in [7, 11) is 0. The van der Waals surface area contributed by atoms with Crippen molar-refractivity contribution in [3.05, 3.63) is 255 Å². The molecule has 0 aliphatic rings. The van der Waals surface area contributed by atoms with Crippen LogP contribution in [0.1, 0.15) is 0 Å². The van der Waals surface area contributed by atoms with E-state index in [9.17, 15) is 0 Å². The molecular weight excluding hydrogens is 813 g/mol. The van der Waals surface area contributed by atoms with E-state index in [4.69, 9.17) is 4.42 Å². The van der Waals surface area contributed by atoms with Gasteiger partial charge in [0, 0.05) is 44.0 Å². The Morgan fingerprint density at radius 3 is 1.70 bits per heavy atom. The van der Waals surface area contributed by atoms with E-state index in [1.54, 1.807) is 0 Å². The van der Waals surface area contributed by atoms with Crippen LogP contribution in [-0.4, -0.2) is 4.57 Å². The Morgan fingerprint density at radius 1 is 0.313 bits per heavy atom. The van der Waals surface area contributed by atoms with Crippen LogP contribution in [-0.2, 0) is 0 Å². The summed E-state index contributed by atoms with van der Waals surface area (Å²) in [5.74, 6) is 0. The smallest absolute Gasteiger partial charge is 0.135 e. The minimum Gasteiger partial charge on any atom is -0.456 e. The zero-order valence-corrected chi connectivity index (χ0v) is 36.6. The Kier molecular flexibility index (Phi) is 9.17. The quantitative estimate of drug-likeness (QED) is 0.152. The molecule has 3 heteroatoms. The molecule has 0 radical (unpaired) electrons. The van der Waals surface area contributed by atoms with Gasteiger partial charge in [0.05, 0.1) is 22.4 Å². The Bertz CT molecular complexity index is 3970. The molecule has 0 aliphatic heterocycles. The number of para-hydroxylation sites is 5. The third-order valence-corrected chi connectivity index (χ3v) is 13.4. The number of hydrogen-bond donors (Lipinski definition) is 0.